The van der Waals surface area contributed by atoms with Crippen LogP contribution in [0.3, 0.4) is 0 Å². The lowest BCUT2D eigenvalue weighted by Crippen LogP contribution is -2.24. The molecule has 1 aliphatic heterocycles. The van der Waals surface area contributed by atoms with Gasteiger partial charge in [-0.3, -0.25) is 0 Å². The largest absolute Gasteiger partial charge is 0.444 e. The van der Waals surface area contributed by atoms with Crippen LogP contribution in [0.5, 0.6) is 0 Å². The molecule has 1 fully saturated rings. The summed E-state index contributed by atoms with van der Waals surface area (Å²) < 4.78 is 19.2. The van der Waals surface area contributed by atoms with Gasteiger partial charge in [-0.1, -0.05) is 22.0 Å². The molecular formula is C11H11BrFNO2. The van der Waals surface area contributed by atoms with E-state index in [9.17, 15) is 9.18 Å². The second-order valence-corrected chi connectivity index (χ2v) is 4.73. The summed E-state index contributed by atoms with van der Waals surface area (Å²) in [6.45, 7) is 2.58. The monoisotopic (exact) mass is 287 g/mol. The van der Waals surface area contributed by atoms with Gasteiger partial charge in [-0.05, 0) is 19.1 Å². The van der Waals surface area contributed by atoms with Crippen LogP contribution in [0, 0.1) is 5.82 Å². The van der Waals surface area contributed by atoms with Crippen molar-refractivity contribution >= 4 is 22.0 Å². The van der Waals surface area contributed by atoms with Gasteiger partial charge in [0.1, 0.15) is 11.9 Å². The molecule has 16 heavy (non-hydrogen) atoms. The SMILES string of the molecule is C[C@@H]1CN(Cc2ccc(Br)cc2F)C(=O)O1. The summed E-state index contributed by atoms with van der Waals surface area (Å²) in [5.41, 5.74) is 0.495. The predicted molar refractivity (Wildman–Crippen MR) is 60.5 cm³/mol. The molecule has 1 atom stereocenters. The molecule has 0 bridgehead atoms. The first-order valence-electron chi connectivity index (χ1n) is 4.96. The van der Waals surface area contributed by atoms with Crippen molar-refractivity contribution in [3.05, 3.63) is 34.1 Å². The molecule has 0 saturated carbocycles. The maximum Gasteiger partial charge on any atom is 0.410 e. The molecule has 0 N–H and O–H groups in total. The third kappa shape index (κ3) is 2.35. The minimum Gasteiger partial charge on any atom is -0.444 e. The van der Waals surface area contributed by atoms with Gasteiger partial charge in [0, 0.05) is 10.0 Å². The van der Waals surface area contributed by atoms with E-state index in [-0.39, 0.29) is 24.6 Å². The highest BCUT2D eigenvalue weighted by molar-refractivity contribution is 9.10. The summed E-state index contributed by atoms with van der Waals surface area (Å²) in [7, 11) is 0. The number of halogens is 2. The predicted octanol–water partition coefficient (Wildman–Crippen LogP) is 2.93. The van der Waals surface area contributed by atoms with Gasteiger partial charge in [0.2, 0.25) is 0 Å². The summed E-state index contributed by atoms with van der Waals surface area (Å²) >= 11 is 3.19. The zero-order valence-corrected chi connectivity index (χ0v) is 10.3. The molecule has 5 heteroatoms. The highest BCUT2D eigenvalue weighted by atomic mass is 79.9. The third-order valence-electron chi connectivity index (χ3n) is 2.41. The van der Waals surface area contributed by atoms with Gasteiger partial charge < -0.3 is 9.64 Å². The van der Waals surface area contributed by atoms with Crippen molar-refractivity contribution in [2.24, 2.45) is 0 Å². The van der Waals surface area contributed by atoms with Crippen LogP contribution in [0.4, 0.5) is 9.18 Å². The molecular weight excluding hydrogens is 277 g/mol. The maximum atomic E-state index is 13.5. The van der Waals surface area contributed by atoms with Crippen molar-refractivity contribution in [1.82, 2.24) is 4.90 Å². The van der Waals surface area contributed by atoms with E-state index in [1.807, 2.05) is 6.92 Å². The van der Waals surface area contributed by atoms with Gasteiger partial charge in [0.15, 0.2) is 0 Å². The Balaban J connectivity index is 2.12. The lowest BCUT2D eigenvalue weighted by Gasteiger charge is -2.13. The van der Waals surface area contributed by atoms with E-state index in [0.717, 1.165) is 0 Å². The number of ether oxygens (including phenoxy) is 1. The number of benzene rings is 1. The quantitative estimate of drug-likeness (QED) is 0.837. The summed E-state index contributed by atoms with van der Waals surface area (Å²) in [6, 6.07) is 4.80. The maximum absolute atomic E-state index is 13.5. The minimum atomic E-state index is -0.380. The van der Waals surface area contributed by atoms with Crippen LogP contribution < -0.4 is 0 Å². The van der Waals surface area contributed by atoms with E-state index in [2.05, 4.69) is 15.9 Å². The normalized spacial score (nSPS) is 20.1. The summed E-state index contributed by atoms with van der Waals surface area (Å²) in [4.78, 5) is 12.8. The average Bonchev–Trinajstić information content (AvgIpc) is 2.50. The molecule has 0 unspecified atom stereocenters. The first-order valence-corrected chi connectivity index (χ1v) is 5.75. The van der Waals surface area contributed by atoms with Crippen LogP contribution in [-0.2, 0) is 11.3 Å². The molecule has 1 amide bonds. The number of carbonyl (C=O) groups is 1. The molecule has 0 aliphatic carbocycles. The number of amides is 1. The molecule has 1 aromatic carbocycles. The van der Waals surface area contributed by atoms with E-state index >= 15 is 0 Å². The van der Waals surface area contributed by atoms with Gasteiger partial charge in [0.05, 0.1) is 13.1 Å². The second kappa shape index (κ2) is 4.41. The van der Waals surface area contributed by atoms with E-state index in [1.54, 1.807) is 12.1 Å². The fourth-order valence-electron chi connectivity index (χ4n) is 1.65. The average molecular weight is 288 g/mol. The van der Waals surface area contributed by atoms with Crippen LogP contribution >= 0.6 is 15.9 Å². The molecule has 0 spiro atoms. The Bertz CT molecular complexity index is 424. The highest BCUT2D eigenvalue weighted by Gasteiger charge is 2.28. The van der Waals surface area contributed by atoms with Gasteiger partial charge in [-0.15, -0.1) is 0 Å². The zero-order chi connectivity index (χ0) is 11.7. The number of hydrogen-bond donors (Lipinski definition) is 0. The fraction of sp³-hybridized carbons (Fsp3) is 0.364. The smallest absolute Gasteiger partial charge is 0.410 e. The van der Waals surface area contributed by atoms with Crippen molar-refractivity contribution in [2.75, 3.05) is 6.54 Å². The topological polar surface area (TPSA) is 29.5 Å². The van der Waals surface area contributed by atoms with Crippen molar-refractivity contribution in [2.45, 2.75) is 19.6 Å². The fourth-order valence-corrected chi connectivity index (χ4v) is 1.99. The summed E-state index contributed by atoms with van der Waals surface area (Å²) in [5.74, 6) is -0.318. The molecule has 0 radical (unpaired) electrons. The van der Waals surface area contributed by atoms with E-state index in [0.29, 0.717) is 16.6 Å². The standard InChI is InChI=1S/C11H11BrFNO2/c1-7-5-14(11(15)16-7)6-8-2-3-9(12)4-10(8)13/h2-4,7H,5-6H2,1H3/t7-/m1/s1. The molecule has 1 heterocycles. The van der Waals surface area contributed by atoms with Crippen LogP contribution in [0.15, 0.2) is 22.7 Å². The molecule has 2 rings (SSSR count). The zero-order valence-electron chi connectivity index (χ0n) is 8.74. The first-order chi connectivity index (χ1) is 7.56. The Morgan fingerprint density at radius 3 is 2.94 bits per heavy atom. The molecule has 1 aliphatic rings. The number of cyclic esters (lactones) is 1. The van der Waals surface area contributed by atoms with Crippen molar-refractivity contribution in [1.29, 1.82) is 0 Å². The van der Waals surface area contributed by atoms with Crippen molar-refractivity contribution < 1.29 is 13.9 Å². The van der Waals surface area contributed by atoms with Crippen molar-refractivity contribution in [3.8, 4) is 0 Å². The molecule has 0 aromatic heterocycles. The third-order valence-corrected chi connectivity index (χ3v) is 2.91. The summed E-state index contributed by atoms with van der Waals surface area (Å²) in [6.07, 6.45) is -0.499. The Hall–Kier alpha value is -1.10. The Kier molecular flexibility index (Phi) is 3.14. The van der Waals surface area contributed by atoms with Crippen LogP contribution in [-0.4, -0.2) is 23.6 Å². The van der Waals surface area contributed by atoms with Gasteiger partial charge >= 0.3 is 6.09 Å². The Labute approximate surface area is 101 Å². The molecule has 1 saturated heterocycles. The lowest BCUT2D eigenvalue weighted by atomic mass is 10.2. The van der Waals surface area contributed by atoms with E-state index < -0.39 is 0 Å². The highest BCUT2D eigenvalue weighted by Crippen LogP contribution is 2.19. The molecule has 1 aromatic rings. The number of nitrogens with zero attached hydrogens (tertiary/aromatic N) is 1. The molecule has 86 valence electrons. The van der Waals surface area contributed by atoms with Crippen LogP contribution in [0.25, 0.3) is 0 Å². The second-order valence-electron chi connectivity index (χ2n) is 3.81. The van der Waals surface area contributed by atoms with Gasteiger partial charge in [0.25, 0.3) is 0 Å². The number of hydrogen-bond acceptors (Lipinski definition) is 2. The number of carbonyl (C=O) groups excluding carboxylic acids is 1. The molecule has 3 nitrogen and oxygen atoms in total. The number of rotatable bonds is 2. The lowest BCUT2D eigenvalue weighted by molar-refractivity contribution is 0.137. The van der Waals surface area contributed by atoms with Gasteiger partial charge in [-0.2, -0.15) is 0 Å². The van der Waals surface area contributed by atoms with Crippen LogP contribution in [0.1, 0.15) is 12.5 Å². The summed E-state index contributed by atoms with van der Waals surface area (Å²) in [5, 5.41) is 0. The van der Waals surface area contributed by atoms with Crippen LogP contribution in [0.2, 0.25) is 0 Å². The van der Waals surface area contributed by atoms with Gasteiger partial charge in [-0.25, -0.2) is 9.18 Å². The first kappa shape index (κ1) is 11.4. The van der Waals surface area contributed by atoms with Crippen molar-refractivity contribution in [3.63, 3.8) is 0 Å². The van der Waals surface area contributed by atoms with E-state index in [4.69, 9.17) is 4.74 Å². The Morgan fingerprint density at radius 1 is 1.62 bits per heavy atom. The minimum absolute atomic E-state index is 0.119. The Morgan fingerprint density at radius 2 is 2.38 bits per heavy atom. The van der Waals surface area contributed by atoms with E-state index in [1.165, 1.54) is 11.0 Å².